The molecule has 0 aromatic carbocycles. The lowest BCUT2D eigenvalue weighted by molar-refractivity contribution is 0.263. The third-order valence-corrected chi connectivity index (χ3v) is 6.16. The van der Waals surface area contributed by atoms with Crippen molar-refractivity contribution >= 4 is 10.2 Å². The molecule has 5 nitrogen and oxygen atoms in total. The van der Waals surface area contributed by atoms with E-state index in [-0.39, 0.29) is 6.04 Å². The van der Waals surface area contributed by atoms with E-state index >= 15 is 0 Å². The van der Waals surface area contributed by atoms with Gasteiger partial charge in [0.15, 0.2) is 0 Å². The highest BCUT2D eigenvalue weighted by molar-refractivity contribution is 7.87. The maximum Gasteiger partial charge on any atom is 0.279 e. The zero-order chi connectivity index (χ0) is 14.6. The molecule has 20 heavy (non-hydrogen) atoms. The molecular formula is C14H29N3O2S. The normalized spacial score (nSPS) is 22.6. The Labute approximate surface area is 123 Å². The summed E-state index contributed by atoms with van der Waals surface area (Å²) in [5.74, 6) is 0.634. The van der Waals surface area contributed by atoms with Crippen molar-refractivity contribution in [3.63, 3.8) is 0 Å². The molecule has 0 amide bonds. The van der Waals surface area contributed by atoms with Crippen LogP contribution in [-0.4, -0.2) is 44.4 Å². The highest BCUT2D eigenvalue weighted by atomic mass is 32.2. The van der Waals surface area contributed by atoms with Gasteiger partial charge in [0.25, 0.3) is 10.2 Å². The van der Waals surface area contributed by atoms with Crippen molar-refractivity contribution in [1.29, 1.82) is 0 Å². The molecule has 0 unspecified atom stereocenters. The molecule has 2 fully saturated rings. The van der Waals surface area contributed by atoms with Gasteiger partial charge in [0.05, 0.1) is 0 Å². The van der Waals surface area contributed by atoms with Crippen LogP contribution < -0.4 is 10.0 Å². The van der Waals surface area contributed by atoms with Crippen LogP contribution >= 0.6 is 0 Å². The summed E-state index contributed by atoms with van der Waals surface area (Å²) < 4.78 is 29.0. The van der Waals surface area contributed by atoms with Gasteiger partial charge >= 0.3 is 0 Å². The standard InChI is InChI=1S/C14H29N3O2S/c1-3-13(4-2)16-20(18,19)17-9-7-12(8-10-17)11-15-14-5-6-14/h12-16H,3-11H2,1-2H3. The van der Waals surface area contributed by atoms with Crippen LogP contribution in [0.5, 0.6) is 0 Å². The second-order valence-corrected chi connectivity index (χ2v) is 7.86. The lowest BCUT2D eigenvalue weighted by atomic mass is 9.98. The molecule has 0 aromatic heterocycles. The molecule has 0 spiro atoms. The number of rotatable bonds is 8. The smallest absolute Gasteiger partial charge is 0.279 e. The van der Waals surface area contributed by atoms with E-state index in [2.05, 4.69) is 10.0 Å². The first-order valence-corrected chi connectivity index (χ1v) is 9.50. The van der Waals surface area contributed by atoms with Gasteiger partial charge in [-0.2, -0.15) is 17.4 Å². The number of hydrogen-bond donors (Lipinski definition) is 2. The Balaban J connectivity index is 1.76. The van der Waals surface area contributed by atoms with Gasteiger partial charge in [-0.1, -0.05) is 13.8 Å². The van der Waals surface area contributed by atoms with Crippen LogP contribution in [0.1, 0.15) is 52.4 Å². The van der Waals surface area contributed by atoms with E-state index in [1.165, 1.54) is 12.8 Å². The van der Waals surface area contributed by atoms with Crippen molar-refractivity contribution in [3.05, 3.63) is 0 Å². The van der Waals surface area contributed by atoms with Gasteiger partial charge in [-0.05, 0) is 51.0 Å². The molecule has 118 valence electrons. The van der Waals surface area contributed by atoms with E-state index in [9.17, 15) is 8.42 Å². The number of nitrogens with zero attached hydrogens (tertiary/aromatic N) is 1. The molecule has 0 radical (unpaired) electrons. The first-order chi connectivity index (χ1) is 9.55. The van der Waals surface area contributed by atoms with E-state index in [0.29, 0.717) is 19.0 Å². The van der Waals surface area contributed by atoms with Crippen LogP contribution in [0.25, 0.3) is 0 Å². The van der Waals surface area contributed by atoms with Crippen LogP contribution in [-0.2, 0) is 10.2 Å². The molecule has 1 aliphatic carbocycles. The van der Waals surface area contributed by atoms with Gasteiger partial charge in [-0.3, -0.25) is 0 Å². The molecule has 6 heteroatoms. The Kier molecular flexibility index (Phi) is 5.84. The third kappa shape index (κ3) is 4.69. The topological polar surface area (TPSA) is 61.4 Å². The largest absolute Gasteiger partial charge is 0.314 e. The molecule has 0 aromatic rings. The van der Waals surface area contributed by atoms with Gasteiger partial charge in [0.2, 0.25) is 0 Å². The molecule has 0 bridgehead atoms. The summed E-state index contributed by atoms with van der Waals surface area (Å²) in [6, 6.07) is 0.808. The highest BCUT2D eigenvalue weighted by Crippen LogP contribution is 2.22. The number of piperidine rings is 1. The second-order valence-electron chi connectivity index (χ2n) is 6.16. The predicted octanol–water partition coefficient (Wildman–Crippen LogP) is 1.47. The van der Waals surface area contributed by atoms with Gasteiger partial charge in [-0.15, -0.1) is 0 Å². The average molecular weight is 303 g/mol. The summed E-state index contributed by atoms with van der Waals surface area (Å²) in [5.41, 5.74) is 0. The SMILES string of the molecule is CCC(CC)NS(=O)(=O)N1CCC(CNC2CC2)CC1. The van der Waals surface area contributed by atoms with Crippen molar-refractivity contribution in [2.45, 2.75) is 64.5 Å². The summed E-state index contributed by atoms with van der Waals surface area (Å²) in [6.07, 6.45) is 6.27. The van der Waals surface area contributed by atoms with Crippen molar-refractivity contribution in [3.8, 4) is 0 Å². The van der Waals surface area contributed by atoms with Crippen LogP contribution in [0, 0.1) is 5.92 Å². The maximum atomic E-state index is 12.3. The maximum absolute atomic E-state index is 12.3. The van der Waals surface area contributed by atoms with E-state index in [1.807, 2.05) is 13.8 Å². The van der Waals surface area contributed by atoms with Crippen LogP contribution in [0.4, 0.5) is 0 Å². The van der Waals surface area contributed by atoms with Crippen LogP contribution in [0.3, 0.4) is 0 Å². The second kappa shape index (κ2) is 7.20. The van der Waals surface area contributed by atoms with E-state index in [1.54, 1.807) is 4.31 Å². The summed E-state index contributed by atoms with van der Waals surface area (Å²) >= 11 is 0. The minimum absolute atomic E-state index is 0.0641. The number of nitrogens with one attached hydrogen (secondary N) is 2. The lowest BCUT2D eigenvalue weighted by Gasteiger charge is -2.32. The quantitative estimate of drug-likeness (QED) is 0.714. The first-order valence-electron chi connectivity index (χ1n) is 8.06. The molecule has 1 heterocycles. The molecule has 1 saturated heterocycles. The van der Waals surface area contributed by atoms with Gasteiger partial charge in [0, 0.05) is 25.2 Å². The molecule has 1 aliphatic heterocycles. The Morgan fingerprint density at radius 3 is 2.20 bits per heavy atom. The van der Waals surface area contributed by atoms with Crippen LogP contribution in [0.15, 0.2) is 0 Å². The summed E-state index contributed by atoms with van der Waals surface area (Å²) in [7, 11) is -3.29. The summed E-state index contributed by atoms with van der Waals surface area (Å²) in [5, 5.41) is 3.55. The summed E-state index contributed by atoms with van der Waals surface area (Å²) in [4.78, 5) is 0. The zero-order valence-corrected chi connectivity index (χ0v) is 13.6. The minimum atomic E-state index is -3.29. The van der Waals surface area contributed by atoms with E-state index in [4.69, 9.17) is 0 Å². The summed E-state index contributed by atoms with van der Waals surface area (Å²) in [6.45, 7) is 6.41. The Morgan fingerprint density at radius 2 is 1.70 bits per heavy atom. The Bertz CT molecular complexity index is 383. The third-order valence-electron chi connectivity index (χ3n) is 4.49. The fourth-order valence-corrected chi connectivity index (χ4v) is 4.31. The van der Waals surface area contributed by atoms with Crippen molar-refractivity contribution in [1.82, 2.24) is 14.3 Å². The van der Waals surface area contributed by atoms with Crippen molar-refractivity contribution in [2.75, 3.05) is 19.6 Å². The predicted molar refractivity (Wildman–Crippen MR) is 81.7 cm³/mol. The molecule has 2 rings (SSSR count). The molecule has 0 atom stereocenters. The Hall–Kier alpha value is -0.170. The van der Waals surface area contributed by atoms with E-state index < -0.39 is 10.2 Å². The molecular weight excluding hydrogens is 274 g/mol. The Morgan fingerprint density at radius 1 is 1.10 bits per heavy atom. The van der Waals surface area contributed by atoms with E-state index in [0.717, 1.165) is 38.3 Å². The van der Waals surface area contributed by atoms with Gasteiger partial charge in [-0.25, -0.2) is 0 Å². The monoisotopic (exact) mass is 303 g/mol. The fourth-order valence-electron chi connectivity index (χ4n) is 2.72. The van der Waals surface area contributed by atoms with Crippen molar-refractivity contribution < 1.29 is 8.42 Å². The molecule has 2 aliphatic rings. The van der Waals surface area contributed by atoms with Crippen LogP contribution in [0.2, 0.25) is 0 Å². The first kappa shape index (κ1) is 16.2. The fraction of sp³-hybridized carbons (Fsp3) is 1.00. The minimum Gasteiger partial charge on any atom is -0.314 e. The lowest BCUT2D eigenvalue weighted by Crippen LogP contribution is -2.48. The highest BCUT2D eigenvalue weighted by Gasteiger charge is 2.30. The van der Waals surface area contributed by atoms with Crippen molar-refractivity contribution in [2.24, 2.45) is 5.92 Å². The number of hydrogen-bond acceptors (Lipinski definition) is 3. The van der Waals surface area contributed by atoms with Gasteiger partial charge < -0.3 is 5.32 Å². The van der Waals surface area contributed by atoms with Gasteiger partial charge in [0.1, 0.15) is 0 Å². The molecule has 2 N–H and O–H groups in total. The average Bonchev–Trinajstić information content (AvgIpc) is 3.27. The molecule has 1 saturated carbocycles. The zero-order valence-electron chi connectivity index (χ0n) is 12.8.